The molecule has 1 aromatic carbocycles. The molecule has 1 heterocycles. The topological polar surface area (TPSA) is 64.6 Å². The molecule has 0 fully saturated rings. The van der Waals surface area contributed by atoms with Crippen LogP contribution in [0.1, 0.15) is 55.6 Å². The Morgan fingerprint density at radius 3 is 2.14 bits per heavy atom. The lowest BCUT2D eigenvalue weighted by atomic mass is 9.71. The molecule has 5 nitrogen and oxygen atoms in total. The number of benzene rings is 1. The number of methoxy groups -OCH3 is 2. The normalized spacial score (nSPS) is 19.5. The van der Waals surface area contributed by atoms with E-state index in [0.29, 0.717) is 30.8 Å². The van der Waals surface area contributed by atoms with E-state index in [4.69, 9.17) is 9.47 Å². The van der Waals surface area contributed by atoms with Crippen LogP contribution in [0.25, 0.3) is 0 Å². The second-order valence-electron chi connectivity index (χ2n) is 7.80. The van der Waals surface area contributed by atoms with E-state index < -0.39 is 0 Å². The Morgan fingerprint density at radius 1 is 1.00 bits per heavy atom. The van der Waals surface area contributed by atoms with Crippen LogP contribution in [0.5, 0.6) is 11.5 Å². The van der Waals surface area contributed by atoms with Gasteiger partial charge in [-0.05, 0) is 43.7 Å². The zero-order valence-electron chi connectivity index (χ0n) is 17.1. The number of rotatable bonds is 5. The maximum absolute atomic E-state index is 13.0. The van der Waals surface area contributed by atoms with Crippen molar-refractivity contribution < 1.29 is 19.1 Å². The van der Waals surface area contributed by atoms with E-state index >= 15 is 0 Å². The van der Waals surface area contributed by atoms with E-state index in [-0.39, 0.29) is 17.5 Å². The van der Waals surface area contributed by atoms with E-state index in [1.807, 2.05) is 18.2 Å². The van der Waals surface area contributed by atoms with Crippen molar-refractivity contribution in [3.63, 3.8) is 0 Å². The van der Waals surface area contributed by atoms with Gasteiger partial charge in [0.25, 0.3) is 0 Å². The summed E-state index contributed by atoms with van der Waals surface area (Å²) < 4.78 is 11.2. The average molecular weight is 393 g/mol. The van der Waals surface area contributed by atoms with Crippen LogP contribution >= 0.6 is 0 Å². The molecule has 0 radical (unpaired) electrons. The summed E-state index contributed by atoms with van der Waals surface area (Å²) in [7, 11) is 3.22. The van der Waals surface area contributed by atoms with E-state index in [2.05, 4.69) is 11.9 Å². The number of ketones is 2. The highest BCUT2D eigenvalue weighted by molar-refractivity contribution is 6.06. The van der Waals surface area contributed by atoms with Crippen molar-refractivity contribution in [2.75, 3.05) is 14.2 Å². The first-order valence-electron chi connectivity index (χ1n) is 10.2. The van der Waals surface area contributed by atoms with Crippen LogP contribution in [0.2, 0.25) is 0 Å². The molecule has 0 saturated carbocycles. The summed E-state index contributed by atoms with van der Waals surface area (Å²) in [5.74, 6) is 1.20. The van der Waals surface area contributed by atoms with Gasteiger partial charge in [-0.25, -0.2) is 0 Å². The van der Waals surface area contributed by atoms with Crippen LogP contribution in [-0.2, 0) is 16.0 Å². The van der Waals surface area contributed by atoms with Gasteiger partial charge in [0.05, 0.1) is 14.2 Å². The molecule has 0 spiro atoms. The summed E-state index contributed by atoms with van der Waals surface area (Å²) in [6, 6.07) is 3.96. The van der Waals surface area contributed by atoms with Crippen molar-refractivity contribution in [1.82, 2.24) is 5.32 Å². The fourth-order valence-corrected chi connectivity index (χ4v) is 4.86. The van der Waals surface area contributed by atoms with E-state index in [9.17, 15) is 9.59 Å². The number of Topliss-reactive ketones (excluding diaryl/α,β-unsaturated/α-hetero) is 2. The third-order valence-corrected chi connectivity index (χ3v) is 6.07. The van der Waals surface area contributed by atoms with E-state index in [1.165, 1.54) is 0 Å². The zero-order chi connectivity index (χ0) is 20.5. The van der Waals surface area contributed by atoms with Gasteiger partial charge in [0.1, 0.15) is 0 Å². The number of nitrogens with one attached hydrogen (secondary N) is 1. The lowest BCUT2D eigenvalue weighted by Gasteiger charge is -2.37. The highest BCUT2D eigenvalue weighted by atomic mass is 16.5. The van der Waals surface area contributed by atoms with Crippen LogP contribution < -0.4 is 14.8 Å². The molecule has 0 bridgehead atoms. The van der Waals surface area contributed by atoms with Gasteiger partial charge in [0.15, 0.2) is 23.1 Å². The second-order valence-corrected chi connectivity index (χ2v) is 7.80. The molecular weight excluding hydrogens is 366 g/mol. The minimum Gasteiger partial charge on any atom is -0.493 e. The Bertz CT molecular complexity index is 912. The molecule has 0 saturated heterocycles. The quantitative estimate of drug-likeness (QED) is 0.762. The first-order valence-corrected chi connectivity index (χ1v) is 10.2. The largest absolute Gasteiger partial charge is 0.493 e. The summed E-state index contributed by atoms with van der Waals surface area (Å²) in [6.45, 7) is 3.85. The van der Waals surface area contributed by atoms with Gasteiger partial charge in [-0.15, -0.1) is 6.58 Å². The van der Waals surface area contributed by atoms with Gasteiger partial charge in [-0.3, -0.25) is 9.59 Å². The highest BCUT2D eigenvalue weighted by Crippen LogP contribution is 2.47. The maximum atomic E-state index is 13.0. The van der Waals surface area contributed by atoms with Gasteiger partial charge in [-0.1, -0.05) is 12.1 Å². The fraction of sp³-hybridized carbons (Fsp3) is 0.417. The number of dihydropyridines is 1. The minimum atomic E-state index is -0.342. The predicted octanol–water partition coefficient (Wildman–Crippen LogP) is 4.13. The fourth-order valence-electron chi connectivity index (χ4n) is 4.86. The minimum absolute atomic E-state index is 0.133. The molecule has 1 aromatic rings. The van der Waals surface area contributed by atoms with Crippen LogP contribution in [0, 0.1) is 0 Å². The third kappa shape index (κ3) is 3.28. The molecule has 3 aliphatic rings. The van der Waals surface area contributed by atoms with Gasteiger partial charge in [-0.2, -0.15) is 0 Å². The van der Waals surface area contributed by atoms with E-state index in [1.54, 1.807) is 14.2 Å². The number of hydrogen-bond donors (Lipinski definition) is 1. The predicted molar refractivity (Wildman–Crippen MR) is 111 cm³/mol. The van der Waals surface area contributed by atoms with E-state index in [0.717, 1.165) is 59.4 Å². The van der Waals surface area contributed by atoms with Crippen molar-refractivity contribution in [2.45, 2.75) is 50.9 Å². The standard InChI is InChI=1S/C24H27NO4/c1-4-7-14-12-15(13-20(28-2)24(14)29-3)21-22-16(8-5-10-18(22)26)25-17-9-6-11-19(27)23(17)21/h4,12-13,21,25H,1,5-11H2,2-3H3. The Kier molecular flexibility index (Phi) is 5.31. The lowest BCUT2D eigenvalue weighted by molar-refractivity contribution is -0.116. The SMILES string of the molecule is C=CCc1cc(C2C3=C(CCCC3=O)NC3=C2C(=O)CCC3)cc(OC)c1OC. The first-order chi connectivity index (χ1) is 14.1. The molecular formula is C24H27NO4. The van der Waals surface area contributed by atoms with Crippen molar-refractivity contribution in [3.05, 3.63) is 58.5 Å². The first kappa shape index (κ1) is 19.5. The van der Waals surface area contributed by atoms with Crippen molar-refractivity contribution >= 4 is 11.6 Å². The number of carbonyl (C=O) groups excluding carboxylic acids is 2. The molecule has 0 amide bonds. The van der Waals surface area contributed by atoms with Gasteiger partial charge < -0.3 is 14.8 Å². The third-order valence-electron chi connectivity index (χ3n) is 6.07. The summed E-state index contributed by atoms with van der Waals surface area (Å²) in [5.41, 5.74) is 5.32. The Morgan fingerprint density at radius 2 is 1.62 bits per heavy atom. The molecule has 1 N–H and O–H groups in total. The molecule has 5 heteroatoms. The van der Waals surface area contributed by atoms with Crippen LogP contribution in [0.4, 0.5) is 0 Å². The Balaban J connectivity index is 1.95. The monoisotopic (exact) mass is 393 g/mol. The second kappa shape index (κ2) is 7.90. The molecule has 0 aromatic heterocycles. The van der Waals surface area contributed by atoms with Crippen molar-refractivity contribution in [3.8, 4) is 11.5 Å². The zero-order valence-corrected chi connectivity index (χ0v) is 17.1. The Hall–Kier alpha value is -2.82. The molecule has 152 valence electrons. The lowest BCUT2D eigenvalue weighted by Crippen LogP contribution is -2.36. The van der Waals surface area contributed by atoms with Crippen molar-refractivity contribution in [2.24, 2.45) is 0 Å². The number of allylic oxidation sites excluding steroid dienone is 5. The molecule has 4 rings (SSSR count). The molecule has 1 aliphatic heterocycles. The number of hydrogen-bond acceptors (Lipinski definition) is 5. The molecule has 2 aliphatic carbocycles. The summed E-state index contributed by atoms with van der Waals surface area (Å²) in [4.78, 5) is 26.0. The summed E-state index contributed by atoms with van der Waals surface area (Å²) in [6.07, 6.45) is 6.86. The van der Waals surface area contributed by atoms with Crippen LogP contribution in [-0.4, -0.2) is 25.8 Å². The van der Waals surface area contributed by atoms with Gasteiger partial charge >= 0.3 is 0 Å². The smallest absolute Gasteiger partial charge is 0.164 e. The average Bonchev–Trinajstić information content (AvgIpc) is 2.72. The van der Waals surface area contributed by atoms with Crippen LogP contribution in [0.3, 0.4) is 0 Å². The Labute approximate surface area is 171 Å². The number of carbonyl (C=O) groups is 2. The van der Waals surface area contributed by atoms with Gasteiger partial charge in [0, 0.05) is 46.9 Å². The van der Waals surface area contributed by atoms with Gasteiger partial charge in [0.2, 0.25) is 0 Å². The highest BCUT2D eigenvalue weighted by Gasteiger charge is 2.40. The van der Waals surface area contributed by atoms with Crippen molar-refractivity contribution in [1.29, 1.82) is 0 Å². The summed E-state index contributed by atoms with van der Waals surface area (Å²) in [5, 5.41) is 3.45. The van der Waals surface area contributed by atoms with Crippen LogP contribution in [0.15, 0.2) is 47.3 Å². The molecule has 0 unspecified atom stereocenters. The molecule has 29 heavy (non-hydrogen) atoms. The molecule has 0 atom stereocenters. The maximum Gasteiger partial charge on any atom is 0.164 e. The number of ether oxygens (including phenoxy) is 2. The summed E-state index contributed by atoms with van der Waals surface area (Å²) >= 11 is 0.